The van der Waals surface area contributed by atoms with Crippen LogP contribution in [0.2, 0.25) is 0 Å². The zero-order valence-corrected chi connectivity index (χ0v) is 20.4. The van der Waals surface area contributed by atoms with Crippen LogP contribution in [0.5, 0.6) is 11.5 Å². The van der Waals surface area contributed by atoms with Crippen LogP contribution >= 0.6 is 11.3 Å². The van der Waals surface area contributed by atoms with Crippen molar-refractivity contribution in [3.05, 3.63) is 101 Å². The molecule has 0 saturated carbocycles. The van der Waals surface area contributed by atoms with Crippen molar-refractivity contribution in [3.8, 4) is 17.2 Å². The van der Waals surface area contributed by atoms with Gasteiger partial charge in [-0.15, -0.1) is 11.3 Å². The summed E-state index contributed by atoms with van der Waals surface area (Å²) in [6.45, 7) is 1.89. The smallest absolute Gasteiger partial charge is 0.280 e. The molecule has 0 spiro atoms. The Labute approximate surface area is 211 Å². The van der Waals surface area contributed by atoms with Crippen molar-refractivity contribution in [1.82, 2.24) is 20.1 Å². The summed E-state index contributed by atoms with van der Waals surface area (Å²) in [6.07, 6.45) is 2.83. The number of hydrogen-bond donors (Lipinski definition) is 1. The van der Waals surface area contributed by atoms with Crippen molar-refractivity contribution in [2.45, 2.75) is 19.1 Å². The lowest BCUT2D eigenvalue weighted by Gasteiger charge is -2.26. The average molecular weight is 503 g/mol. The Morgan fingerprint density at radius 3 is 2.67 bits per heavy atom. The van der Waals surface area contributed by atoms with Crippen molar-refractivity contribution >= 4 is 28.1 Å². The normalized spacial score (nSPS) is 12.8. The van der Waals surface area contributed by atoms with Crippen molar-refractivity contribution in [2.75, 3.05) is 7.11 Å². The number of aromatic nitrogens is 3. The molecule has 182 valence electrons. The van der Waals surface area contributed by atoms with Gasteiger partial charge < -0.3 is 14.8 Å². The first-order chi connectivity index (χ1) is 17.5. The van der Waals surface area contributed by atoms with Crippen LogP contribution in [0.25, 0.3) is 16.6 Å². The summed E-state index contributed by atoms with van der Waals surface area (Å²) in [5, 5.41) is 10.5. The van der Waals surface area contributed by atoms with E-state index in [1.54, 1.807) is 41.7 Å². The molecule has 2 aromatic heterocycles. The molecule has 3 aromatic carbocycles. The molecule has 0 saturated heterocycles. The first-order valence-electron chi connectivity index (χ1n) is 11.3. The van der Waals surface area contributed by atoms with Gasteiger partial charge in [0.1, 0.15) is 23.4 Å². The number of thiazole rings is 1. The predicted molar refractivity (Wildman–Crippen MR) is 136 cm³/mol. The number of amides is 1. The van der Waals surface area contributed by atoms with Gasteiger partial charge in [-0.3, -0.25) is 4.79 Å². The Bertz CT molecular complexity index is 1480. The van der Waals surface area contributed by atoms with Gasteiger partial charge in [0.05, 0.1) is 30.6 Å². The number of nitrogens with one attached hydrogen (secondary N) is 1. The highest BCUT2D eigenvalue weighted by atomic mass is 32.1. The number of hydrogen-bond acceptors (Lipinski definition) is 6. The van der Waals surface area contributed by atoms with E-state index in [1.807, 2.05) is 49.4 Å². The van der Waals surface area contributed by atoms with Crippen LogP contribution in [0.1, 0.15) is 28.4 Å². The third-order valence-corrected chi connectivity index (χ3v) is 6.51. The first kappa shape index (κ1) is 23.5. The van der Waals surface area contributed by atoms with Gasteiger partial charge in [0.2, 0.25) is 0 Å². The number of fused-ring (bicyclic) bond motifs is 1. The van der Waals surface area contributed by atoms with Crippen LogP contribution in [-0.4, -0.2) is 33.8 Å². The third-order valence-electron chi connectivity index (χ3n) is 5.74. The first-order valence-corrected chi connectivity index (χ1v) is 12.1. The molecule has 1 N–H and O–H groups in total. The molecule has 1 amide bonds. The van der Waals surface area contributed by atoms with Crippen LogP contribution in [0.4, 0.5) is 4.39 Å². The molecule has 5 rings (SSSR count). The Balaban J connectivity index is 1.44. The zero-order valence-electron chi connectivity index (χ0n) is 19.6. The summed E-state index contributed by atoms with van der Waals surface area (Å²) < 4.78 is 26.9. The van der Waals surface area contributed by atoms with Gasteiger partial charge in [-0.25, -0.2) is 14.1 Å². The van der Waals surface area contributed by atoms with E-state index >= 15 is 0 Å². The van der Waals surface area contributed by atoms with E-state index in [0.29, 0.717) is 16.5 Å². The van der Waals surface area contributed by atoms with Gasteiger partial charge in [0, 0.05) is 17.0 Å². The van der Waals surface area contributed by atoms with Gasteiger partial charge >= 0.3 is 0 Å². The van der Waals surface area contributed by atoms with Crippen LogP contribution in [0.15, 0.2) is 84.5 Å². The molecular weight excluding hydrogens is 479 g/mol. The van der Waals surface area contributed by atoms with Crippen LogP contribution < -0.4 is 14.8 Å². The molecule has 0 aliphatic heterocycles. The van der Waals surface area contributed by atoms with E-state index in [0.717, 1.165) is 22.2 Å². The maximum Gasteiger partial charge on any atom is 0.280 e. The molecule has 0 aliphatic rings. The van der Waals surface area contributed by atoms with Crippen molar-refractivity contribution in [2.24, 2.45) is 0 Å². The van der Waals surface area contributed by atoms with Gasteiger partial charge in [0.15, 0.2) is 5.01 Å². The second-order valence-corrected chi connectivity index (χ2v) is 9.06. The highest BCUT2D eigenvalue weighted by Crippen LogP contribution is 2.30. The van der Waals surface area contributed by atoms with E-state index in [-0.39, 0.29) is 17.8 Å². The van der Waals surface area contributed by atoms with Crippen molar-refractivity contribution in [3.63, 3.8) is 0 Å². The molecule has 0 bridgehead atoms. The minimum Gasteiger partial charge on any atom is -0.497 e. The predicted octanol–water partition coefficient (Wildman–Crippen LogP) is 5.57. The fourth-order valence-electron chi connectivity index (χ4n) is 3.98. The number of carbonyl (C=O) groups is 1. The second-order valence-electron chi connectivity index (χ2n) is 8.17. The lowest BCUT2D eigenvalue weighted by atomic mass is 10.0. The third kappa shape index (κ3) is 4.92. The summed E-state index contributed by atoms with van der Waals surface area (Å²) in [5.74, 6) is 0.746. The Hall–Kier alpha value is -4.24. The highest BCUT2D eigenvalue weighted by molar-refractivity contribution is 7.11. The second kappa shape index (κ2) is 10.2. The maximum atomic E-state index is 13.3. The van der Waals surface area contributed by atoms with Crippen LogP contribution in [0, 0.1) is 5.82 Å². The van der Waals surface area contributed by atoms with Gasteiger partial charge in [-0.1, -0.05) is 12.1 Å². The molecule has 0 aliphatic carbocycles. The van der Waals surface area contributed by atoms with Crippen LogP contribution in [0.3, 0.4) is 0 Å². The molecule has 2 atom stereocenters. The molecule has 36 heavy (non-hydrogen) atoms. The van der Waals surface area contributed by atoms with Crippen LogP contribution in [-0.2, 0) is 0 Å². The molecule has 0 unspecified atom stereocenters. The number of rotatable bonds is 8. The zero-order chi connectivity index (χ0) is 25.1. The number of nitrogens with zero attached hydrogens (tertiary/aromatic N) is 3. The molecule has 0 fully saturated rings. The molecular formula is C27H23FN4O3S. The molecule has 9 heteroatoms. The molecule has 7 nitrogen and oxygen atoms in total. The van der Waals surface area contributed by atoms with E-state index in [4.69, 9.17) is 9.47 Å². The quantitative estimate of drug-likeness (QED) is 0.300. The fraction of sp³-hybridized carbons (Fsp3) is 0.148. The minimum absolute atomic E-state index is 0.259. The lowest BCUT2D eigenvalue weighted by molar-refractivity contribution is 0.0881. The number of halogens is 1. The maximum absolute atomic E-state index is 13.3. The van der Waals surface area contributed by atoms with E-state index in [9.17, 15) is 9.18 Å². The van der Waals surface area contributed by atoms with E-state index < -0.39 is 6.10 Å². The Morgan fingerprint density at radius 1 is 1.08 bits per heavy atom. The monoisotopic (exact) mass is 502 g/mol. The Kier molecular flexibility index (Phi) is 6.64. The SMILES string of the molecule is COc1cccc([C@H](Oc2ccc3c(cnn3-c3ccc(F)cc3)c2)[C@H](C)NC(=O)c2nccs2)c1. The van der Waals surface area contributed by atoms with E-state index in [1.165, 1.54) is 23.5 Å². The number of benzene rings is 3. The van der Waals surface area contributed by atoms with Crippen molar-refractivity contribution in [1.29, 1.82) is 0 Å². The standard InChI is InChI=1S/C27H23FN4O3S/c1-17(31-26(33)27-29-12-13-36-27)25(18-4-3-5-22(14-18)34-2)35-23-10-11-24-19(15-23)16-30-32(24)21-8-6-20(28)7-9-21/h3-17,25H,1-2H3,(H,31,33)/t17-,25+/m0/s1. The lowest BCUT2D eigenvalue weighted by Crippen LogP contribution is -2.39. The van der Waals surface area contributed by atoms with Gasteiger partial charge in [-0.05, 0) is 67.1 Å². The summed E-state index contributed by atoms with van der Waals surface area (Å²) in [4.78, 5) is 16.8. The summed E-state index contributed by atoms with van der Waals surface area (Å²) >= 11 is 1.28. The average Bonchev–Trinajstić information content (AvgIpc) is 3.58. The number of methoxy groups -OCH3 is 1. The molecule has 0 radical (unpaired) electrons. The summed E-state index contributed by atoms with van der Waals surface area (Å²) in [7, 11) is 1.61. The summed E-state index contributed by atoms with van der Waals surface area (Å²) in [5.41, 5.74) is 2.47. The molecule has 5 aromatic rings. The van der Waals surface area contributed by atoms with Crippen molar-refractivity contribution < 1.29 is 18.7 Å². The Morgan fingerprint density at radius 2 is 1.92 bits per heavy atom. The minimum atomic E-state index is -0.506. The number of ether oxygens (including phenoxy) is 2. The molecule has 2 heterocycles. The highest BCUT2D eigenvalue weighted by Gasteiger charge is 2.25. The number of carbonyl (C=O) groups excluding carboxylic acids is 1. The topological polar surface area (TPSA) is 78.3 Å². The van der Waals surface area contributed by atoms with E-state index in [2.05, 4.69) is 15.4 Å². The fourth-order valence-corrected chi connectivity index (χ4v) is 4.51. The largest absolute Gasteiger partial charge is 0.497 e. The van der Waals surface area contributed by atoms with Gasteiger partial charge in [-0.2, -0.15) is 5.10 Å². The van der Waals surface area contributed by atoms with Gasteiger partial charge in [0.25, 0.3) is 5.91 Å². The summed E-state index contributed by atoms with van der Waals surface area (Å²) in [6, 6.07) is 19.0.